The van der Waals surface area contributed by atoms with Crippen LogP contribution in [0.15, 0.2) is 24.3 Å². The predicted octanol–water partition coefficient (Wildman–Crippen LogP) is 1.78. The smallest absolute Gasteiger partial charge is 0.315 e. The van der Waals surface area contributed by atoms with Crippen molar-refractivity contribution in [2.45, 2.75) is 19.9 Å². The molecule has 0 aliphatic heterocycles. The highest BCUT2D eigenvalue weighted by atomic mass is 16.5. The number of nitrogens with one attached hydrogen (secondary N) is 2. The molecule has 0 spiro atoms. The van der Waals surface area contributed by atoms with Crippen LogP contribution in [0.3, 0.4) is 0 Å². The number of hydrogen-bond donors (Lipinski definition) is 2. The van der Waals surface area contributed by atoms with Crippen molar-refractivity contribution >= 4 is 6.03 Å². The molecule has 5 nitrogen and oxygen atoms in total. The SMILES string of the molecule is COc1cccc(OCCNC(=O)NC(C)C)c1. The Morgan fingerprint density at radius 2 is 2.06 bits per heavy atom. The van der Waals surface area contributed by atoms with E-state index in [-0.39, 0.29) is 12.1 Å². The highest BCUT2D eigenvalue weighted by Crippen LogP contribution is 2.18. The zero-order valence-electron chi connectivity index (χ0n) is 11.0. The van der Waals surface area contributed by atoms with Crippen LogP contribution in [0.2, 0.25) is 0 Å². The van der Waals surface area contributed by atoms with Gasteiger partial charge in [-0.2, -0.15) is 0 Å². The van der Waals surface area contributed by atoms with Crippen LogP contribution in [0.5, 0.6) is 11.5 Å². The molecule has 100 valence electrons. The van der Waals surface area contributed by atoms with Gasteiger partial charge in [0.2, 0.25) is 0 Å². The molecular weight excluding hydrogens is 232 g/mol. The Bertz CT molecular complexity index is 380. The number of hydrogen-bond acceptors (Lipinski definition) is 3. The topological polar surface area (TPSA) is 59.6 Å². The average Bonchev–Trinajstić information content (AvgIpc) is 2.34. The second-order valence-electron chi connectivity index (χ2n) is 4.08. The minimum Gasteiger partial charge on any atom is -0.497 e. The second-order valence-corrected chi connectivity index (χ2v) is 4.08. The summed E-state index contributed by atoms with van der Waals surface area (Å²) in [5, 5.41) is 5.44. The van der Waals surface area contributed by atoms with Gasteiger partial charge in [-0.05, 0) is 26.0 Å². The van der Waals surface area contributed by atoms with Gasteiger partial charge in [0.15, 0.2) is 0 Å². The van der Waals surface area contributed by atoms with Gasteiger partial charge in [-0.3, -0.25) is 0 Å². The molecule has 1 aromatic carbocycles. The Labute approximate surface area is 107 Å². The van der Waals surface area contributed by atoms with Crippen LogP contribution in [-0.4, -0.2) is 32.3 Å². The van der Waals surface area contributed by atoms with E-state index in [4.69, 9.17) is 9.47 Å². The van der Waals surface area contributed by atoms with Gasteiger partial charge in [-0.1, -0.05) is 6.07 Å². The quantitative estimate of drug-likeness (QED) is 0.759. The van der Waals surface area contributed by atoms with Crippen LogP contribution in [0.1, 0.15) is 13.8 Å². The van der Waals surface area contributed by atoms with E-state index in [1.165, 1.54) is 0 Å². The summed E-state index contributed by atoms with van der Waals surface area (Å²) in [6, 6.07) is 7.29. The number of amides is 2. The van der Waals surface area contributed by atoms with E-state index in [0.717, 1.165) is 11.5 Å². The predicted molar refractivity (Wildman–Crippen MR) is 70.2 cm³/mol. The summed E-state index contributed by atoms with van der Waals surface area (Å²) in [5.41, 5.74) is 0. The maximum Gasteiger partial charge on any atom is 0.315 e. The van der Waals surface area contributed by atoms with E-state index in [0.29, 0.717) is 13.2 Å². The largest absolute Gasteiger partial charge is 0.497 e. The molecule has 1 aromatic rings. The molecule has 0 aliphatic carbocycles. The van der Waals surface area contributed by atoms with Gasteiger partial charge in [0.25, 0.3) is 0 Å². The summed E-state index contributed by atoms with van der Waals surface area (Å²) >= 11 is 0. The minimum absolute atomic E-state index is 0.129. The van der Waals surface area contributed by atoms with Gasteiger partial charge >= 0.3 is 6.03 Å². The fourth-order valence-corrected chi connectivity index (χ4v) is 1.34. The summed E-state index contributed by atoms with van der Waals surface area (Å²) in [6.07, 6.45) is 0. The number of ether oxygens (including phenoxy) is 2. The molecule has 0 heterocycles. The molecule has 0 saturated carbocycles. The molecule has 2 amide bonds. The van der Waals surface area contributed by atoms with E-state index < -0.39 is 0 Å². The first kappa shape index (κ1) is 14.2. The van der Waals surface area contributed by atoms with Crippen molar-refractivity contribution < 1.29 is 14.3 Å². The van der Waals surface area contributed by atoms with Gasteiger partial charge in [0.05, 0.1) is 13.7 Å². The molecule has 0 saturated heterocycles. The normalized spacial score (nSPS) is 10.0. The van der Waals surface area contributed by atoms with Crippen LogP contribution in [0.4, 0.5) is 4.79 Å². The highest BCUT2D eigenvalue weighted by Gasteiger charge is 2.01. The molecule has 1 rings (SSSR count). The Kier molecular flexibility index (Phi) is 5.84. The lowest BCUT2D eigenvalue weighted by atomic mass is 10.3. The number of carbonyl (C=O) groups is 1. The van der Waals surface area contributed by atoms with E-state index in [1.807, 2.05) is 32.0 Å². The van der Waals surface area contributed by atoms with E-state index in [2.05, 4.69) is 10.6 Å². The zero-order valence-corrected chi connectivity index (χ0v) is 11.0. The van der Waals surface area contributed by atoms with Crippen molar-refractivity contribution in [1.82, 2.24) is 10.6 Å². The molecule has 5 heteroatoms. The number of carbonyl (C=O) groups excluding carboxylic acids is 1. The maximum absolute atomic E-state index is 11.3. The van der Waals surface area contributed by atoms with Crippen LogP contribution in [0, 0.1) is 0 Å². The van der Waals surface area contributed by atoms with Gasteiger partial charge in [0.1, 0.15) is 18.1 Å². The minimum atomic E-state index is -0.181. The number of rotatable bonds is 6. The summed E-state index contributed by atoms with van der Waals surface area (Å²) in [5.74, 6) is 1.47. The third kappa shape index (κ3) is 5.43. The van der Waals surface area contributed by atoms with Crippen molar-refractivity contribution in [2.75, 3.05) is 20.3 Å². The Morgan fingerprint density at radius 3 is 2.72 bits per heavy atom. The van der Waals surface area contributed by atoms with Crippen LogP contribution < -0.4 is 20.1 Å². The number of methoxy groups -OCH3 is 1. The lowest BCUT2D eigenvalue weighted by Gasteiger charge is -2.11. The van der Waals surface area contributed by atoms with Crippen molar-refractivity contribution in [1.29, 1.82) is 0 Å². The highest BCUT2D eigenvalue weighted by molar-refractivity contribution is 5.74. The summed E-state index contributed by atoms with van der Waals surface area (Å²) in [7, 11) is 1.61. The van der Waals surface area contributed by atoms with E-state index >= 15 is 0 Å². The average molecular weight is 252 g/mol. The third-order valence-electron chi connectivity index (χ3n) is 2.12. The first-order valence-electron chi connectivity index (χ1n) is 5.93. The monoisotopic (exact) mass is 252 g/mol. The van der Waals surface area contributed by atoms with Crippen molar-refractivity contribution in [3.63, 3.8) is 0 Å². The fraction of sp³-hybridized carbons (Fsp3) is 0.462. The molecule has 0 unspecified atom stereocenters. The van der Waals surface area contributed by atoms with Gasteiger partial charge in [-0.15, -0.1) is 0 Å². The lowest BCUT2D eigenvalue weighted by molar-refractivity contribution is 0.234. The van der Waals surface area contributed by atoms with E-state index in [1.54, 1.807) is 13.2 Å². The molecular formula is C13H20N2O3. The van der Waals surface area contributed by atoms with Gasteiger partial charge in [0, 0.05) is 12.1 Å². The molecule has 0 aliphatic rings. The lowest BCUT2D eigenvalue weighted by Crippen LogP contribution is -2.41. The van der Waals surface area contributed by atoms with Gasteiger partial charge < -0.3 is 20.1 Å². The first-order valence-corrected chi connectivity index (χ1v) is 5.93. The van der Waals surface area contributed by atoms with Crippen LogP contribution in [-0.2, 0) is 0 Å². The Balaban J connectivity index is 2.23. The molecule has 0 fully saturated rings. The summed E-state index contributed by atoms with van der Waals surface area (Å²) in [6.45, 7) is 4.69. The molecule has 0 atom stereocenters. The van der Waals surface area contributed by atoms with Crippen LogP contribution in [0.25, 0.3) is 0 Å². The van der Waals surface area contributed by atoms with Gasteiger partial charge in [-0.25, -0.2) is 4.79 Å². The second kappa shape index (κ2) is 7.42. The summed E-state index contributed by atoms with van der Waals surface area (Å²) < 4.78 is 10.6. The van der Waals surface area contributed by atoms with Crippen molar-refractivity contribution in [3.8, 4) is 11.5 Å². The van der Waals surface area contributed by atoms with Crippen LogP contribution >= 0.6 is 0 Å². The summed E-state index contributed by atoms with van der Waals surface area (Å²) in [4.78, 5) is 11.3. The zero-order chi connectivity index (χ0) is 13.4. The molecule has 0 bridgehead atoms. The number of benzene rings is 1. The first-order chi connectivity index (χ1) is 8.61. The van der Waals surface area contributed by atoms with Crippen molar-refractivity contribution in [3.05, 3.63) is 24.3 Å². The standard InChI is InChI=1S/C13H20N2O3/c1-10(2)15-13(16)14-7-8-18-12-6-4-5-11(9-12)17-3/h4-6,9-10H,7-8H2,1-3H3,(H2,14,15,16). The third-order valence-corrected chi connectivity index (χ3v) is 2.12. The number of urea groups is 1. The molecule has 18 heavy (non-hydrogen) atoms. The fourth-order valence-electron chi connectivity index (χ4n) is 1.34. The maximum atomic E-state index is 11.3. The Morgan fingerprint density at radius 1 is 1.33 bits per heavy atom. The van der Waals surface area contributed by atoms with E-state index in [9.17, 15) is 4.79 Å². The molecule has 0 aromatic heterocycles. The Hall–Kier alpha value is -1.91. The molecule has 2 N–H and O–H groups in total. The van der Waals surface area contributed by atoms with Crippen molar-refractivity contribution in [2.24, 2.45) is 0 Å². The molecule has 0 radical (unpaired) electrons.